The van der Waals surface area contributed by atoms with Crippen molar-refractivity contribution in [1.29, 1.82) is 0 Å². The molecular weight excluding hydrogens is 124 g/mol. The van der Waals surface area contributed by atoms with E-state index < -0.39 is 0 Å². The highest BCUT2D eigenvalue weighted by Gasteiger charge is 2.60. The van der Waals surface area contributed by atoms with E-state index in [2.05, 4.69) is 20.8 Å². The summed E-state index contributed by atoms with van der Waals surface area (Å²) in [5, 5.41) is 0. The van der Waals surface area contributed by atoms with Gasteiger partial charge in [-0.15, -0.1) is 0 Å². The summed E-state index contributed by atoms with van der Waals surface area (Å²) in [5.74, 6) is 0.919. The normalized spacial score (nSPS) is 28.7. The minimum atomic E-state index is 0.120. The van der Waals surface area contributed by atoms with Crippen molar-refractivity contribution in [1.82, 2.24) is 0 Å². The van der Waals surface area contributed by atoms with E-state index in [1.807, 2.05) is 0 Å². The fourth-order valence-electron chi connectivity index (χ4n) is 2.13. The van der Waals surface area contributed by atoms with E-state index in [4.69, 9.17) is 0 Å². The molecule has 0 aliphatic heterocycles. The molecule has 0 N–H and O–H groups in total. The molecule has 1 unspecified atom stereocenters. The molecule has 1 fully saturated rings. The minimum Gasteiger partial charge on any atom is -0.299 e. The zero-order valence-corrected chi connectivity index (χ0v) is 7.11. The Morgan fingerprint density at radius 1 is 1.30 bits per heavy atom. The van der Waals surface area contributed by atoms with Crippen molar-refractivity contribution in [2.24, 2.45) is 11.3 Å². The zero-order valence-electron chi connectivity index (χ0n) is 7.11. The largest absolute Gasteiger partial charge is 0.299 e. The average Bonchev–Trinajstić information content (AvgIpc) is 2.56. The van der Waals surface area contributed by atoms with Gasteiger partial charge in [0.1, 0.15) is 5.78 Å². The standard InChI is InChI=1S/C9H16O/c1-4-7-8(10)9(7,5-2)6-3/h7H,4-6H2,1-3H3. The van der Waals surface area contributed by atoms with Gasteiger partial charge in [-0.05, 0) is 19.3 Å². The van der Waals surface area contributed by atoms with Crippen LogP contribution in [0.3, 0.4) is 0 Å². The zero-order chi connectivity index (χ0) is 7.78. The van der Waals surface area contributed by atoms with Crippen molar-refractivity contribution in [3.8, 4) is 0 Å². The van der Waals surface area contributed by atoms with Gasteiger partial charge in [0.05, 0.1) is 0 Å². The molecule has 1 heteroatoms. The molecular formula is C9H16O. The van der Waals surface area contributed by atoms with Crippen molar-refractivity contribution >= 4 is 5.78 Å². The predicted octanol–water partition coefficient (Wildman–Crippen LogP) is 2.40. The maximum absolute atomic E-state index is 11.2. The first-order valence-corrected chi connectivity index (χ1v) is 4.27. The number of Topliss-reactive ketones (excluding diaryl/α,β-unsaturated/α-hetero) is 1. The molecule has 0 aromatic rings. The van der Waals surface area contributed by atoms with Gasteiger partial charge < -0.3 is 0 Å². The maximum atomic E-state index is 11.2. The molecule has 1 saturated carbocycles. The van der Waals surface area contributed by atoms with Crippen LogP contribution in [0.15, 0.2) is 0 Å². The van der Waals surface area contributed by atoms with E-state index in [0.29, 0.717) is 11.7 Å². The summed E-state index contributed by atoms with van der Waals surface area (Å²) in [4.78, 5) is 11.2. The molecule has 1 aliphatic rings. The van der Waals surface area contributed by atoms with E-state index in [9.17, 15) is 4.79 Å². The summed E-state index contributed by atoms with van der Waals surface area (Å²) in [6.45, 7) is 6.35. The fourth-order valence-corrected chi connectivity index (χ4v) is 2.13. The molecule has 1 atom stereocenters. The first-order valence-electron chi connectivity index (χ1n) is 4.27. The van der Waals surface area contributed by atoms with Crippen LogP contribution in [-0.4, -0.2) is 5.78 Å². The lowest BCUT2D eigenvalue weighted by Crippen LogP contribution is -2.01. The van der Waals surface area contributed by atoms with Gasteiger partial charge in [0.2, 0.25) is 0 Å². The number of rotatable bonds is 3. The van der Waals surface area contributed by atoms with Crippen LogP contribution < -0.4 is 0 Å². The molecule has 1 nitrogen and oxygen atoms in total. The summed E-state index contributed by atoms with van der Waals surface area (Å²) >= 11 is 0. The predicted molar refractivity (Wildman–Crippen MR) is 41.8 cm³/mol. The van der Waals surface area contributed by atoms with Gasteiger partial charge in [-0.1, -0.05) is 20.8 Å². The molecule has 0 radical (unpaired) electrons. The lowest BCUT2D eigenvalue weighted by atomic mass is 9.96. The van der Waals surface area contributed by atoms with Gasteiger partial charge >= 0.3 is 0 Å². The van der Waals surface area contributed by atoms with Gasteiger partial charge in [-0.3, -0.25) is 4.79 Å². The van der Waals surface area contributed by atoms with Gasteiger partial charge in [-0.2, -0.15) is 0 Å². The van der Waals surface area contributed by atoms with E-state index in [0.717, 1.165) is 19.3 Å². The van der Waals surface area contributed by atoms with Crippen molar-refractivity contribution in [2.75, 3.05) is 0 Å². The molecule has 10 heavy (non-hydrogen) atoms. The third-order valence-electron chi connectivity index (χ3n) is 3.06. The Morgan fingerprint density at radius 2 is 1.80 bits per heavy atom. The van der Waals surface area contributed by atoms with Crippen molar-refractivity contribution in [3.05, 3.63) is 0 Å². The third-order valence-corrected chi connectivity index (χ3v) is 3.06. The summed E-state index contributed by atoms with van der Waals surface area (Å²) in [6.07, 6.45) is 3.13. The molecule has 0 saturated heterocycles. The summed E-state index contributed by atoms with van der Waals surface area (Å²) in [6, 6.07) is 0. The van der Waals surface area contributed by atoms with Gasteiger partial charge in [0.15, 0.2) is 0 Å². The molecule has 0 bridgehead atoms. The Labute approximate surface area is 62.8 Å². The summed E-state index contributed by atoms with van der Waals surface area (Å²) in [7, 11) is 0. The monoisotopic (exact) mass is 140 g/mol. The molecule has 0 aromatic heterocycles. The molecule has 1 rings (SSSR count). The first kappa shape index (κ1) is 7.77. The number of carbonyl (C=O) groups excluding carboxylic acids is 1. The lowest BCUT2D eigenvalue weighted by Gasteiger charge is -2.06. The molecule has 0 spiro atoms. The van der Waals surface area contributed by atoms with Crippen LogP contribution in [0.25, 0.3) is 0 Å². The van der Waals surface area contributed by atoms with Gasteiger partial charge in [0, 0.05) is 11.3 Å². The molecule has 0 heterocycles. The van der Waals surface area contributed by atoms with Crippen molar-refractivity contribution < 1.29 is 4.79 Å². The second-order valence-corrected chi connectivity index (χ2v) is 3.19. The van der Waals surface area contributed by atoms with Gasteiger partial charge in [-0.25, -0.2) is 0 Å². The van der Waals surface area contributed by atoms with Crippen molar-refractivity contribution in [3.63, 3.8) is 0 Å². The lowest BCUT2D eigenvalue weighted by molar-refractivity contribution is -0.113. The smallest absolute Gasteiger partial charge is 0.143 e. The highest BCUT2D eigenvalue weighted by Crippen LogP contribution is 2.54. The number of hydrogen-bond donors (Lipinski definition) is 0. The summed E-state index contributed by atoms with van der Waals surface area (Å²) in [5.41, 5.74) is 0.120. The van der Waals surface area contributed by atoms with Crippen LogP contribution >= 0.6 is 0 Å². The highest BCUT2D eigenvalue weighted by molar-refractivity contribution is 6.03. The number of hydrogen-bond acceptors (Lipinski definition) is 1. The van der Waals surface area contributed by atoms with Crippen LogP contribution in [-0.2, 0) is 4.79 Å². The Balaban J connectivity index is 2.63. The third kappa shape index (κ3) is 0.727. The van der Waals surface area contributed by atoms with Gasteiger partial charge in [0.25, 0.3) is 0 Å². The fraction of sp³-hybridized carbons (Fsp3) is 0.889. The van der Waals surface area contributed by atoms with Crippen LogP contribution in [0.1, 0.15) is 40.0 Å². The molecule has 0 aromatic carbocycles. The summed E-state index contributed by atoms with van der Waals surface area (Å²) < 4.78 is 0. The average molecular weight is 140 g/mol. The second kappa shape index (κ2) is 2.37. The maximum Gasteiger partial charge on any atom is 0.143 e. The number of ketones is 1. The minimum absolute atomic E-state index is 0.120. The number of carbonyl (C=O) groups is 1. The van der Waals surface area contributed by atoms with Crippen LogP contribution in [0.4, 0.5) is 0 Å². The first-order chi connectivity index (χ1) is 4.72. The van der Waals surface area contributed by atoms with Crippen molar-refractivity contribution in [2.45, 2.75) is 40.0 Å². The second-order valence-electron chi connectivity index (χ2n) is 3.19. The van der Waals surface area contributed by atoms with Crippen LogP contribution in [0, 0.1) is 11.3 Å². The quantitative estimate of drug-likeness (QED) is 0.588. The molecule has 58 valence electrons. The Kier molecular flexibility index (Phi) is 1.84. The van der Waals surface area contributed by atoms with E-state index >= 15 is 0 Å². The molecule has 0 amide bonds. The highest BCUT2D eigenvalue weighted by atomic mass is 16.1. The van der Waals surface area contributed by atoms with Crippen LogP contribution in [0.2, 0.25) is 0 Å². The van der Waals surface area contributed by atoms with E-state index in [1.165, 1.54) is 0 Å². The Bertz CT molecular complexity index is 145. The van der Waals surface area contributed by atoms with E-state index in [1.54, 1.807) is 0 Å². The topological polar surface area (TPSA) is 17.1 Å². The van der Waals surface area contributed by atoms with E-state index in [-0.39, 0.29) is 5.41 Å². The Morgan fingerprint density at radius 3 is 1.90 bits per heavy atom. The SMILES string of the molecule is CCC1C(=O)C1(CC)CC. The van der Waals surface area contributed by atoms with Crippen LogP contribution in [0.5, 0.6) is 0 Å². The Hall–Kier alpha value is -0.330. The molecule has 1 aliphatic carbocycles.